The van der Waals surface area contributed by atoms with Gasteiger partial charge in [-0.15, -0.1) is 0 Å². The monoisotopic (exact) mass is 252 g/mol. The molecule has 1 aliphatic rings. The third-order valence-corrected chi connectivity index (χ3v) is 3.81. The number of hydrogen-bond donors (Lipinski definition) is 0. The van der Waals surface area contributed by atoms with Crippen LogP contribution in [0.4, 0.5) is 0 Å². The highest BCUT2D eigenvalue weighted by Crippen LogP contribution is 2.27. The molecular formula is C16H28O2. The lowest BCUT2D eigenvalue weighted by Gasteiger charge is -2.21. The van der Waals surface area contributed by atoms with Gasteiger partial charge in [-0.2, -0.15) is 0 Å². The molecule has 0 bridgehead atoms. The van der Waals surface area contributed by atoms with Gasteiger partial charge in [0.2, 0.25) is 0 Å². The second-order valence-corrected chi connectivity index (χ2v) is 5.62. The maximum absolute atomic E-state index is 11.1. The normalized spacial score (nSPS) is 16.5. The Morgan fingerprint density at radius 3 is 2.44 bits per heavy atom. The Bertz CT molecular complexity index is 252. The quantitative estimate of drug-likeness (QED) is 0.357. The fraction of sp³-hybridized carbons (Fsp3) is 0.812. The topological polar surface area (TPSA) is 26.3 Å². The van der Waals surface area contributed by atoms with E-state index in [9.17, 15) is 4.79 Å². The SMILES string of the molecule is C=C(C)C(=O)OCCCCCCC1CCCCC1. The number of hydrogen-bond acceptors (Lipinski definition) is 2. The summed E-state index contributed by atoms with van der Waals surface area (Å²) in [6.45, 7) is 5.80. The number of carbonyl (C=O) groups excluding carboxylic acids is 1. The molecule has 2 heteroatoms. The fourth-order valence-electron chi connectivity index (χ4n) is 2.65. The first-order valence-electron chi connectivity index (χ1n) is 7.53. The van der Waals surface area contributed by atoms with Crippen molar-refractivity contribution in [3.05, 3.63) is 12.2 Å². The van der Waals surface area contributed by atoms with Crippen LogP contribution in [0.5, 0.6) is 0 Å². The van der Waals surface area contributed by atoms with Crippen molar-refractivity contribution in [3.63, 3.8) is 0 Å². The van der Waals surface area contributed by atoms with Crippen LogP contribution < -0.4 is 0 Å². The molecule has 0 aromatic heterocycles. The van der Waals surface area contributed by atoms with Crippen molar-refractivity contribution < 1.29 is 9.53 Å². The second kappa shape index (κ2) is 9.18. The maximum atomic E-state index is 11.1. The molecule has 0 aromatic rings. The Labute approximate surface area is 112 Å². The highest BCUT2D eigenvalue weighted by molar-refractivity contribution is 5.86. The van der Waals surface area contributed by atoms with Crippen LogP contribution in [0.15, 0.2) is 12.2 Å². The molecule has 0 N–H and O–H groups in total. The van der Waals surface area contributed by atoms with Gasteiger partial charge in [-0.25, -0.2) is 4.79 Å². The van der Waals surface area contributed by atoms with E-state index in [2.05, 4.69) is 6.58 Å². The Kier molecular flexibility index (Phi) is 7.79. The average Bonchev–Trinajstić information content (AvgIpc) is 2.38. The molecule has 0 amide bonds. The van der Waals surface area contributed by atoms with Crippen LogP contribution in [0, 0.1) is 5.92 Å². The first-order valence-corrected chi connectivity index (χ1v) is 7.53. The number of ether oxygens (including phenoxy) is 1. The van der Waals surface area contributed by atoms with E-state index in [1.54, 1.807) is 6.92 Å². The maximum Gasteiger partial charge on any atom is 0.333 e. The first-order chi connectivity index (χ1) is 8.70. The van der Waals surface area contributed by atoms with Crippen molar-refractivity contribution in [1.29, 1.82) is 0 Å². The molecule has 2 nitrogen and oxygen atoms in total. The molecule has 104 valence electrons. The van der Waals surface area contributed by atoms with E-state index >= 15 is 0 Å². The Morgan fingerprint density at radius 1 is 1.11 bits per heavy atom. The summed E-state index contributed by atoms with van der Waals surface area (Å²) in [6.07, 6.45) is 13.5. The summed E-state index contributed by atoms with van der Waals surface area (Å²) in [6, 6.07) is 0. The van der Waals surface area contributed by atoms with Crippen molar-refractivity contribution in [2.75, 3.05) is 6.61 Å². The standard InChI is InChI=1S/C16H28O2/c1-14(2)16(17)18-13-9-4-3-6-10-15-11-7-5-8-12-15/h15H,1,3-13H2,2H3. The molecule has 18 heavy (non-hydrogen) atoms. The van der Waals surface area contributed by atoms with Crippen molar-refractivity contribution in [2.45, 2.75) is 71.1 Å². The number of esters is 1. The van der Waals surface area contributed by atoms with E-state index in [1.165, 1.54) is 57.8 Å². The second-order valence-electron chi connectivity index (χ2n) is 5.62. The zero-order valence-corrected chi connectivity index (χ0v) is 11.9. The summed E-state index contributed by atoms with van der Waals surface area (Å²) >= 11 is 0. The van der Waals surface area contributed by atoms with Crippen LogP contribution in [0.25, 0.3) is 0 Å². The predicted octanol–water partition coefficient (Wildman–Crippen LogP) is 4.64. The lowest BCUT2D eigenvalue weighted by Crippen LogP contribution is -2.07. The molecule has 0 heterocycles. The van der Waals surface area contributed by atoms with Crippen molar-refractivity contribution in [2.24, 2.45) is 5.92 Å². The van der Waals surface area contributed by atoms with E-state index < -0.39 is 0 Å². The van der Waals surface area contributed by atoms with E-state index in [0.717, 1.165) is 12.3 Å². The third-order valence-electron chi connectivity index (χ3n) is 3.81. The molecular weight excluding hydrogens is 224 g/mol. The van der Waals surface area contributed by atoms with Crippen LogP contribution in [-0.4, -0.2) is 12.6 Å². The largest absolute Gasteiger partial charge is 0.462 e. The number of unbranched alkanes of at least 4 members (excludes halogenated alkanes) is 3. The molecule has 0 spiro atoms. The molecule has 0 unspecified atom stereocenters. The molecule has 1 aliphatic carbocycles. The minimum atomic E-state index is -0.253. The molecule has 1 saturated carbocycles. The number of rotatable bonds is 8. The summed E-state index contributed by atoms with van der Waals surface area (Å²) < 4.78 is 5.06. The van der Waals surface area contributed by atoms with Crippen LogP contribution in [0.2, 0.25) is 0 Å². The average molecular weight is 252 g/mol. The lowest BCUT2D eigenvalue weighted by atomic mass is 9.85. The fourth-order valence-corrected chi connectivity index (χ4v) is 2.65. The van der Waals surface area contributed by atoms with E-state index in [4.69, 9.17) is 4.74 Å². The highest BCUT2D eigenvalue weighted by Gasteiger charge is 2.12. The van der Waals surface area contributed by atoms with Crippen molar-refractivity contribution >= 4 is 5.97 Å². The van der Waals surface area contributed by atoms with Gasteiger partial charge in [0.1, 0.15) is 0 Å². The molecule has 0 aliphatic heterocycles. The van der Waals surface area contributed by atoms with Crippen molar-refractivity contribution in [1.82, 2.24) is 0 Å². The first kappa shape index (κ1) is 15.3. The lowest BCUT2D eigenvalue weighted by molar-refractivity contribution is -0.139. The minimum absolute atomic E-state index is 0.253. The van der Waals surface area contributed by atoms with Gasteiger partial charge in [0.25, 0.3) is 0 Å². The van der Waals surface area contributed by atoms with Gasteiger partial charge in [0, 0.05) is 5.57 Å². The molecule has 1 fully saturated rings. The number of carbonyl (C=O) groups is 1. The van der Waals surface area contributed by atoms with Gasteiger partial charge in [0.05, 0.1) is 6.61 Å². The Hall–Kier alpha value is -0.790. The van der Waals surface area contributed by atoms with Gasteiger partial charge < -0.3 is 4.74 Å². The molecule has 0 aromatic carbocycles. The summed E-state index contributed by atoms with van der Waals surface area (Å²) in [5, 5.41) is 0. The van der Waals surface area contributed by atoms with Gasteiger partial charge in [-0.1, -0.05) is 64.4 Å². The van der Waals surface area contributed by atoms with E-state index in [-0.39, 0.29) is 5.97 Å². The van der Waals surface area contributed by atoms with E-state index in [1.807, 2.05) is 0 Å². The molecule has 0 atom stereocenters. The minimum Gasteiger partial charge on any atom is -0.462 e. The Morgan fingerprint density at radius 2 is 1.78 bits per heavy atom. The van der Waals surface area contributed by atoms with Crippen LogP contribution in [0.3, 0.4) is 0 Å². The zero-order valence-electron chi connectivity index (χ0n) is 11.9. The van der Waals surface area contributed by atoms with Crippen LogP contribution in [-0.2, 0) is 9.53 Å². The summed E-state index contributed by atoms with van der Waals surface area (Å²) in [7, 11) is 0. The van der Waals surface area contributed by atoms with Gasteiger partial charge in [-0.05, 0) is 19.3 Å². The molecule has 1 rings (SSSR count). The Balaban J connectivity index is 1.86. The van der Waals surface area contributed by atoms with Crippen molar-refractivity contribution in [3.8, 4) is 0 Å². The third kappa shape index (κ3) is 6.83. The zero-order chi connectivity index (χ0) is 13.2. The van der Waals surface area contributed by atoms with Gasteiger partial charge in [0.15, 0.2) is 0 Å². The highest BCUT2D eigenvalue weighted by atomic mass is 16.5. The van der Waals surface area contributed by atoms with Gasteiger partial charge >= 0.3 is 5.97 Å². The summed E-state index contributed by atoms with van der Waals surface area (Å²) in [5.74, 6) is 0.747. The molecule has 0 radical (unpaired) electrons. The van der Waals surface area contributed by atoms with Crippen LogP contribution in [0.1, 0.15) is 71.1 Å². The summed E-state index contributed by atoms with van der Waals surface area (Å²) in [5.41, 5.74) is 0.493. The molecule has 0 saturated heterocycles. The smallest absolute Gasteiger partial charge is 0.333 e. The van der Waals surface area contributed by atoms with Gasteiger partial charge in [-0.3, -0.25) is 0 Å². The summed E-state index contributed by atoms with van der Waals surface area (Å²) in [4.78, 5) is 11.1. The predicted molar refractivity (Wildman–Crippen MR) is 75.4 cm³/mol. The van der Waals surface area contributed by atoms with Crippen LogP contribution >= 0.6 is 0 Å². The van der Waals surface area contributed by atoms with E-state index in [0.29, 0.717) is 12.2 Å².